The van der Waals surface area contributed by atoms with Gasteiger partial charge in [-0.25, -0.2) is 19.6 Å². The number of thiophene rings is 1. The van der Waals surface area contributed by atoms with Gasteiger partial charge in [0, 0.05) is 17.3 Å². The highest BCUT2D eigenvalue weighted by Gasteiger charge is 2.22. The normalized spacial score (nSPS) is 10.2. The van der Waals surface area contributed by atoms with Crippen molar-refractivity contribution < 1.29 is 23.9 Å². The molecule has 1 amide bonds. The molecule has 0 saturated heterocycles. The Morgan fingerprint density at radius 2 is 1.88 bits per heavy atom. The van der Waals surface area contributed by atoms with Crippen molar-refractivity contribution in [3.63, 3.8) is 0 Å². The zero-order chi connectivity index (χ0) is 18.6. The zero-order valence-corrected chi connectivity index (χ0v) is 14.6. The molecule has 2 heterocycles. The molecule has 2 aromatic rings. The second-order valence-electron chi connectivity index (χ2n) is 4.89. The summed E-state index contributed by atoms with van der Waals surface area (Å²) in [5, 5.41) is 2.88. The van der Waals surface area contributed by atoms with E-state index in [1.165, 1.54) is 30.8 Å². The third-order valence-electron chi connectivity index (χ3n) is 3.28. The van der Waals surface area contributed by atoms with E-state index in [9.17, 15) is 14.4 Å². The number of carbonyl (C=O) groups excluding carboxylic acids is 3. The molecule has 0 bridgehead atoms. The number of ether oxygens (including phenoxy) is 2. The first kappa shape index (κ1) is 18.3. The molecule has 0 fully saturated rings. The van der Waals surface area contributed by atoms with Crippen LogP contribution >= 0.6 is 11.3 Å². The molecule has 25 heavy (non-hydrogen) atoms. The first-order chi connectivity index (χ1) is 11.8. The molecule has 0 spiro atoms. The van der Waals surface area contributed by atoms with Gasteiger partial charge in [-0.15, -0.1) is 11.3 Å². The Bertz CT molecular complexity index is 833. The van der Waals surface area contributed by atoms with Crippen molar-refractivity contribution >= 4 is 40.0 Å². The minimum absolute atomic E-state index is 0.0922. The number of carbonyl (C=O) groups is 3. The molecular formula is C15H16N4O5S. The Balaban J connectivity index is 2.04. The fourth-order valence-electron chi connectivity index (χ4n) is 1.93. The van der Waals surface area contributed by atoms with Gasteiger partial charge in [0.1, 0.15) is 5.00 Å². The SMILES string of the molecule is COC(=O)c1c(NC(=O)COC(=O)c2nccnc2N)sc(C)c1C. The van der Waals surface area contributed by atoms with Crippen molar-refractivity contribution in [2.45, 2.75) is 13.8 Å². The van der Waals surface area contributed by atoms with Gasteiger partial charge in [-0.2, -0.15) is 0 Å². The summed E-state index contributed by atoms with van der Waals surface area (Å²) in [6.07, 6.45) is 2.61. The van der Waals surface area contributed by atoms with E-state index in [4.69, 9.17) is 15.2 Å². The van der Waals surface area contributed by atoms with Gasteiger partial charge in [0.15, 0.2) is 18.1 Å². The van der Waals surface area contributed by atoms with Crippen LogP contribution in [0.2, 0.25) is 0 Å². The van der Waals surface area contributed by atoms with Crippen LogP contribution in [0, 0.1) is 13.8 Å². The summed E-state index contributed by atoms with van der Waals surface area (Å²) in [7, 11) is 1.26. The molecule has 0 aliphatic rings. The first-order valence-corrected chi connectivity index (χ1v) is 7.88. The van der Waals surface area contributed by atoms with E-state index in [1.54, 1.807) is 6.92 Å². The number of nitrogen functional groups attached to an aromatic ring is 1. The van der Waals surface area contributed by atoms with Crippen molar-refractivity contribution in [1.82, 2.24) is 9.97 Å². The quantitative estimate of drug-likeness (QED) is 0.759. The number of aryl methyl sites for hydroxylation is 1. The topological polar surface area (TPSA) is 134 Å². The summed E-state index contributed by atoms with van der Waals surface area (Å²) >= 11 is 1.23. The predicted molar refractivity (Wildman–Crippen MR) is 90.5 cm³/mol. The van der Waals surface area contributed by atoms with Crippen molar-refractivity contribution in [1.29, 1.82) is 0 Å². The van der Waals surface area contributed by atoms with E-state index in [-0.39, 0.29) is 17.1 Å². The van der Waals surface area contributed by atoms with Crippen molar-refractivity contribution in [3.05, 3.63) is 34.1 Å². The molecule has 0 saturated carbocycles. The van der Waals surface area contributed by atoms with Crippen LogP contribution in [0.1, 0.15) is 31.3 Å². The van der Waals surface area contributed by atoms with Crippen LogP contribution in [0.5, 0.6) is 0 Å². The molecule has 9 nitrogen and oxygen atoms in total. The molecule has 0 unspecified atom stereocenters. The number of nitrogens with one attached hydrogen (secondary N) is 1. The summed E-state index contributed by atoms with van der Waals surface area (Å²) in [6.45, 7) is 3.01. The molecule has 2 aromatic heterocycles. The number of hydrogen-bond acceptors (Lipinski definition) is 9. The lowest BCUT2D eigenvalue weighted by Crippen LogP contribution is -2.22. The maximum absolute atomic E-state index is 12.0. The molecule has 0 aliphatic heterocycles. The standard InChI is InChI=1S/C15H16N4O5S/c1-7-8(2)25-13(10(7)14(21)23-3)19-9(20)6-24-15(22)11-12(16)18-5-4-17-11/h4-5H,6H2,1-3H3,(H2,16,18)(H,19,20). The van der Waals surface area contributed by atoms with E-state index < -0.39 is 24.5 Å². The van der Waals surface area contributed by atoms with Gasteiger partial charge in [-0.1, -0.05) is 0 Å². The van der Waals surface area contributed by atoms with Gasteiger partial charge in [-0.3, -0.25) is 4.79 Å². The highest BCUT2D eigenvalue weighted by Crippen LogP contribution is 2.32. The predicted octanol–water partition coefficient (Wildman–Crippen LogP) is 1.32. The fraction of sp³-hybridized carbons (Fsp3) is 0.267. The largest absolute Gasteiger partial charge is 0.465 e. The van der Waals surface area contributed by atoms with E-state index in [0.717, 1.165) is 10.4 Å². The molecule has 2 rings (SSSR count). The Labute approximate surface area is 147 Å². The molecule has 3 N–H and O–H groups in total. The lowest BCUT2D eigenvalue weighted by atomic mass is 10.1. The van der Waals surface area contributed by atoms with Crippen LogP contribution in [0.15, 0.2) is 12.4 Å². The molecule has 0 aliphatic carbocycles. The summed E-state index contributed by atoms with van der Waals surface area (Å²) in [5.41, 5.74) is 6.34. The maximum atomic E-state index is 12.0. The highest BCUT2D eigenvalue weighted by molar-refractivity contribution is 7.16. The minimum Gasteiger partial charge on any atom is -0.465 e. The number of nitrogens with zero attached hydrogens (tertiary/aromatic N) is 2. The number of hydrogen-bond donors (Lipinski definition) is 2. The first-order valence-electron chi connectivity index (χ1n) is 7.06. The van der Waals surface area contributed by atoms with Crippen LogP contribution in [-0.4, -0.2) is 41.5 Å². The zero-order valence-electron chi connectivity index (χ0n) is 13.8. The average Bonchev–Trinajstić information content (AvgIpc) is 2.86. The van der Waals surface area contributed by atoms with Gasteiger partial charge >= 0.3 is 11.9 Å². The smallest absolute Gasteiger partial charge is 0.361 e. The van der Waals surface area contributed by atoms with Crippen LogP contribution in [0.25, 0.3) is 0 Å². The molecule has 0 radical (unpaired) electrons. The lowest BCUT2D eigenvalue weighted by molar-refractivity contribution is -0.119. The Hall–Kier alpha value is -3.01. The van der Waals surface area contributed by atoms with Crippen molar-refractivity contribution in [2.24, 2.45) is 0 Å². The third kappa shape index (κ3) is 4.10. The lowest BCUT2D eigenvalue weighted by Gasteiger charge is -2.07. The number of aromatic nitrogens is 2. The Kier molecular flexibility index (Phi) is 5.65. The molecule has 0 aromatic carbocycles. The Morgan fingerprint density at radius 3 is 2.52 bits per heavy atom. The molecule has 10 heteroatoms. The third-order valence-corrected chi connectivity index (χ3v) is 4.40. The summed E-state index contributed by atoms with van der Waals surface area (Å²) < 4.78 is 9.59. The summed E-state index contributed by atoms with van der Waals surface area (Å²) in [6, 6.07) is 0. The van der Waals surface area contributed by atoms with Crippen molar-refractivity contribution in [3.8, 4) is 0 Å². The summed E-state index contributed by atoms with van der Waals surface area (Å²) in [4.78, 5) is 44.0. The fourth-order valence-corrected chi connectivity index (χ4v) is 3.00. The van der Waals surface area contributed by atoms with E-state index in [0.29, 0.717) is 5.00 Å². The maximum Gasteiger partial charge on any atom is 0.361 e. The van der Waals surface area contributed by atoms with E-state index in [1.807, 2.05) is 6.92 Å². The highest BCUT2D eigenvalue weighted by atomic mass is 32.1. The second kappa shape index (κ2) is 7.71. The number of amides is 1. The van der Waals surface area contributed by atoms with Crippen LogP contribution in [-0.2, 0) is 14.3 Å². The van der Waals surface area contributed by atoms with E-state index in [2.05, 4.69) is 15.3 Å². The second-order valence-corrected chi connectivity index (χ2v) is 6.12. The van der Waals surface area contributed by atoms with Crippen LogP contribution in [0.4, 0.5) is 10.8 Å². The monoisotopic (exact) mass is 364 g/mol. The van der Waals surface area contributed by atoms with Crippen molar-refractivity contribution in [2.75, 3.05) is 24.8 Å². The molecule has 132 valence electrons. The molecular weight excluding hydrogens is 348 g/mol. The number of rotatable bonds is 5. The van der Waals surface area contributed by atoms with Gasteiger partial charge in [0.2, 0.25) is 0 Å². The van der Waals surface area contributed by atoms with Crippen LogP contribution < -0.4 is 11.1 Å². The van der Waals surface area contributed by atoms with E-state index >= 15 is 0 Å². The summed E-state index contributed by atoms with van der Waals surface area (Å²) in [5.74, 6) is -2.12. The van der Waals surface area contributed by atoms with Gasteiger partial charge in [0.05, 0.1) is 12.7 Å². The van der Waals surface area contributed by atoms with Gasteiger partial charge in [0.25, 0.3) is 5.91 Å². The number of nitrogens with two attached hydrogens (primary N) is 1. The number of esters is 2. The number of anilines is 2. The average molecular weight is 364 g/mol. The number of methoxy groups -OCH3 is 1. The minimum atomic E-state index is -0.868. The molecule has 0 atom stereocenters. The van der Waals surface area contributed by atoms with Crippen LogP contribution in [0.3, 0.4) is 0 Å². The van der Waals surface area contributed by atoms with Gasteiger partial charge < -0.3 is 20.5 Å². The van der Waals surface area contributed by atoms with Gasteiger partial charge in [-0.05, 0) is 19.4 Å². The Morgan fingerprint density at radius 1 is 1.20 bits per heavy atom.